The van der Waals surface area contributed by atoms with Crippen LogP contribution in [0.2, 0.25) is 0 Å². The van der Waals surface area contributed by atoms with Crippen LogP contribution >= 0.6 is 0 Å². The molecule has 2 heterocycles. The Bertz CT molecular complexity index is 992. The summed E-state index contributed by atoms with van der Waals surface area (Å²) in [6.45, 7) is 2.95. The predicted molar refractivity (Wildman–Crippen MR) is 124 cm³/mol. The first kappa shape index (κ1) is 25.2. The van der Waals surface area contributed by atoms with Gasteiger partial charge in [-0.3, -0.25) is 14.5 Å². The Morgan fingerprint density at radius 3 is 2.26 bits per heavy atom. The number of amides is 2. The molecule has 6 nitrogen and oxygen atoms in total. The van der Waals surface area contributed by atoms with Crippen LogP contribution in [-0.2, 0) is 20.5 Å². The Labute approximate surface area is 203 Å². The summed E-state index contributed by atoms with van der Waals surface area (Å²) in [6.07, 6.45) is -2.35. The van der Waals surface area contributed by atoms with Crippen molar-refractivity contribution in [1.82, 2.24) is 15.1 Å². The molecule has 2 saturated heterocycles. The number of morpholine rings is 1. The molecule has 35 heavy (non-hydrogen) atoms. The molecule has 2 unspecified atom stereocenters. The molecule has 0 aromatic heterocycles. The third kappa shape index (κ3) is 6.21. The van der Waals surface area contributed by atoms with Gasteiger partial charge in [0.15, 0.2) is 0 Å². The molecule has 188 valence electrons. The normalized spacial score (nSPS) is 19.3. The van der Waals surface area contributed by atoms with E-state index in [2.05, 4.69) is 10.2 Å². The highest BCUT2D eigenvalue weighted by Crippen LogP contribution is 2.31. The summed E-state index contributed by atoms with van der Waals surface area (Å²) in [6, 6.07) is 13.2. The summed E-state index contributed by atoms with van der Waals surface area (Å²) >= 11 is 0. The first-order valence-electron chi connectivity index (χ1n) is 12.0. The molecule has 0 saturated carbocycles. The number of rotatable bonds is 7. The largest absolute Gasteiger partial charge is 0.416 e. The van der Waals surface area contributed by atoms with Crippen LogP contribution in [0.3, 0.4) is 0 Å². The van der Waals surface area contributed by atoms with Gasteiger partial charge in [-0.15, -0.1) is 0 Å². The number of carbonyl (C=O) groups is 2. The van der Waals surface area contributed by atoms with Gasteiger partial charge in [0.2, 0.25) is 11.8 Å². The molecule has 9 heteroatoms. The average Bonchev–Trinajstić information content (AvgIpc) is 2.87. The van der Waals surface area contributed by atoms with E-state index in [9.17, 15) is 22.8 Å². The van der Waals surface area contributed by atoms with Crippen LogP contribution in [0.25, 0.3) is 0 Å². The van der Waals surface area contributed by atoms with Crippen LogP contribution in [0, 0.1) is 0 Å². The van der Waals surface area contributed by atoms with Crippen molar-refractivity contribution < 1.29 is 27.5 Å². The van der Waals surface area contributed by atoms with Gasteiger partial charge in [-0.25, -0.2) is 0 Å². The monoisotopic (exact) mass is 489 g/mol. The number of benzene rings is 2. The minimum atomic E-state index is -4.41. The Kier molecular flexibility index (Phi) is 8.07. The summed E-state index contributed by atoms with van der Waals surface area (Å²) in [5, 5.41) is 3.00. The van der Waals surface area contributed by atoms with E-state index in [-0.39, 0.29) is 24.4 Å². The molecule has 4 rings (SSSR count). The van der Waals surface area contributed by atoms with Gasteiger partial charge in [-0.05, 0) is 36.1 Å². The first-order chi connectivity index (χ1) is 16.8. The molecule has 0 spiro atoms. The van der Waals surface area contributed by atoms with Crippen molar-refractivity contribution >= 4 is 11.8 Å². The van der Waals surface area contributed by atoms with Crippen molar-refractivity contribution in [1.29, 1.82) is 0 Å². The smallest absolute Gasteiger partial charge is 0.379 e. The van der Waals surface area contributed by atoms with E-state index in [0.717, 1.165) is 30.5 Å². The summed E-state index contributed by atoms with van der Waals surface area (Å²) in [5.41, 5.74) is 0.710. The van der Waals surface area contributed by atoms with Gasteiger partial charge in [-0.2, -0.15) is 13.2 Å². The van der Waals surface area contributed by atoms with E-state index in [4.69, 9.17) is 4.74 Å². The molecule has 2 aliphatic rings. The number of likely N-dealkylation sites (tertiary alicyclic amines) is 1. The molecule has 0 radical (unpaired) electrons. The van der Waals surface area contributed by atoms with Gasteiger partial charge >= 0.3 is 6.18 Å². The number of carbonyl (C=O) groups excluding carboxylic acids is 2. The highest BCUT2D eigenvalue weighted by atomic mass is 19.4. The lowest BCUT2D eigenvalue weighted by Crippen LogP contribution is -2.48. The third-order valence-electron chi connectivity index (χ3n) is 6.61. The second-order valence-corrected chi connectivity index (χ2v) is 8.89. The molecular weight excluding hydrogens is 459 g/mol. The maximum absolute atomic E-state index is 13.5. The number of hydrogen-bond donors (Lipinski definition) is 1. The Morgan fingerprint density at radius 2 is 1.63 bits per heavy atom. The maximum atomic E-state index is 13.5. The highest BCUT2D eigenvalue weighted by molar-refractivity contribution is 5.89. The van der Waals surface area contributed by atoms with Crippen LogP contribution in [0.4, 0.5) is 13.2 Å². The van der Waals surface area contributed by atoms with Crippen molar-refractivity contribution in [3.8, 4) is 0 Å². The quantitative estimate of drug-likeness (QED) is 0.640. The van der Waals surface area contributed by atoms with Crippen LogP contribution in [0.1, 0.15) is 48.0 Å². The third-order valence-corrected chi connectivity index (χ3v) is 6.61. The zero-order chi connectivity index (χ0) is 24.8. The second kappa shape index (κ2) is 11.2. The lowest BCUT2D eigenvalue weighted by atomic mass is 9.99. The number of nitrogens with one attached hydrogen (secondary N) is 1. The number of ether oxygens (including phenoxy) is 1. The van der Waals surface area contributed by atoms with E-state index < -0.39 is 17.8 Å². The summed E-state index contributed by atoms with van der Waals surface area (Å²) in [4.78, 5) is 29.9. The van der Waals surface area contributed by atoms with Crippen LogP contribution in [0.15, 0.2) is 54.6 Å². The van der Waals surface area contributed by atoms with Gasteiger partial charge in [0, 0.05) is 32.6 Å². The molecule has 2 amide bonds. The van der Waals surface area contributed by atoms with Gasteiger partial charge < -0.3 is 15.0 Å². The van der Waals surface area contributed by atoms with E-state index in [0.29, 0.717) is 44.8 Å². The van der Waals surface area contributed by atoms with Crippen LogP contribution in [-0.4, -0.2) is 61.0 Å². The standard InChI is InChI=1S/C26H30F3N3O3/c27-26(28,29)21-11-9-19(10-12-21)22(31-14-16-35-17-15-31)18-30-25(34)24(20-6-2-1-3-7-20)32-13-5-4-8-23(32)33/h1-3,6-7,9-12,22,24H,4-5,8,13-18H2,(H,30,34). The number of hydrogen-bond acceptors (Lipinski definition) is 4. The van der Waals surface area contributed by atoms with Crippen LogP contribution < -0.4 is 5.32 Å². The molecule has 1 N–H and O–H groups in total. The minimum Gasteiger partial charge on any atom is -0.379 e. The summed E-state index contributed by atoms with van der Waals surface area (Å²) in [5.74, 6) is -0.343. The average molecular weight is 490 g/mol. The molecule has 2 aromatic carbocycles. The fourth-order valence-corrected chi connectivity index (χ4v) is 4.74. The van der Waals surface area contributed by atoms with Crippen molar-refractivity contribution in [3.05, 3.63) is 71.3 Å². The lowest BCUT2D eigenvalue weighted by molar-refractivity contribution is -0.142. The number of halogens is 3. The highest BCUT2D eigenvalue weighted by Gasteiger charge is 2.34. The first-order valence-corrected chi connectivity index (χ1v) is 12.0. The van der Waals surface area contributed by atoms with Crippen molar-refractivity contribution in [2.75, 3.05) is 39.4 Å². The molecule has 2 aliphatic heterocycles. The summed E-state index contributed by atoms with van der Waals surface area (Å²) < 4.78 is 44.7. The second-order valence-electron chi connectivity index (χ2n) is 8.89. The fourth-order valence-electron chi connectivity index (χ4n) is 4.74. The van der Waals surface area contributed by atoms with Crippen molar-refractivity contribution in [2.45, 2.75) is 37.5 Å². The molecule has 0 bridgehead atoms. The fraction of sp³-hybridized carbons (Fsp3) is 0.462. The van der Waals surface area contributed by atoms with E-state index in [1.54, 1.807) is 4.90 Å². The zero-order valence-electron chi connectivity index (χ0n) is 19.5. The topological polar surface area (TPSA) is 61.9 Å². The van der Waals surface area contributed by atoms with E-state index in [1.165, 1.54) is 12.1 Å². The molecular formula is C26H30F3N3O3. The van der Waals surface area contributed by atoms with Crippen molar-refractivity contribution in [2.24, 2.45) is 0 Å². The Hall–Kier alpha value is -2.91. The maximum Gasteiger partial charge on any atom is 0.416 e. The number of piperidine rings is 1. The lowest BCUT2D eigenvalue weighted by Gasteiger charge is -2.37. The zero-order valence-corrected chi connectivity index (χ0v) is 19.5. The minimum absolute atomic E-state index is 0.0484. The Morgan fingerprint density at radius 1 is 0.943 bits per heavy atom. The predicted octanol–water partition coefficient (Wildman–Crippen LogP) is 3.95. The van der Waals surface area contributed by atoms with Gasteiger partial charge in [0.1, 0.15) is 6.04 Å². The van der Waals surface area contributed by atoms with Gasteiger partial charge in [-0.1, -0.05) is 42.5 Å². The number of alkyl halides is 3. The van der Waals surface area contributed by atoms with Gasteiger partial charge in [0.05, 0.1) is 24.8 Å². The molecule has 2 aromatic rings. The SMILES string of the molecule is O=C(NCC(c1ccc(C(F)(F)F)cc1)N1CCOCC1)C(c1ccccc1)N1CCCCC1=O. The van der Waals surface area contributed by atoms with E-state index >= 15 is 0 Å². The van der Waals surface area contributed by atoms with Gasteiger partial charge in [0.25, 0.3) is 0 Å². The Balaban J connectivity index is 1.55. The molecule has 2 fully saturated rings. The van der Waals surface area contributed by atoms with Crippen LogP contribution in [0.5, 0.6) is 0 Å². The number of nitrogens with zero attached hydrogens (tertiary/aromatic N) is 2. The molecule has 2 atom stereocenters. The summed E-state index contributed by atoms with van der Waals surface area (Å²) in [7, 11) is 0. The molecule has 0 aliphatic carbocycles. The van der Waals surface area contributed by atoms with E-state index in [1.807, 2.05) is 30.3 Å². The van der Waals surface area contributed by atoms with Crippen molar-refractivity contribution in [3.63, 3.8) is 0 Å².